The number of halogens is 1. The molecule has 0 saturated heterocycles. The van der Waals surface area contributed by atoms with Gasteiger partial charge in [-0.15, -0.1) is 0 Å². The van der Waals surface area contributed by atoms with Crippen molar-refractivity contribution in [1.29, 1.82) is 0 Å². The molecule has 0 aliphatic rings. The summed E-state index contributed by atoms with van der Waals surface area (Å²) in [5.74, 6) is -1.62. The standard InChI is InChI=1S/C19H16FN5O5/c1-12(26)21-14-3-5-15(6-4-14)22-19(27)16-8-9-24(23-16)11-30-18-10-13(20)2-7-17(18)25(28)29/h2-10H,11H2,1H3,(H,21,26)(H,22,27). The Bertz CT molecular complexity index is 1100. The molecule has 0 spiro atoms. The predicted octanol–water partition coefficient (Wildman–Crippen LogP) is 3.18. The Morgan fingerprint density at radius 2 is 1.80 bits per heavy atom. The summed E-state index contributed by atoms with van der Waals surface area (Å²) in [6, 6.07) is 10.8. The Morgan fingerprint density at radius 3 is 2.43 bits per heavy atom. The maximum atomic E-state index is 13.3. The van der Waals surface area contributed by atoms with Crippen molar-refractivity contribution < 1.29 is 23.6 Å². The van der Waals surface area contributed by atoms with Gasteiger partial charge in [-0.2, -0.15) is 5.10 Å². The summed E-state index contributed by atoms with van der Waals surface area (Å²) in [4.78, 5) is 33.6. The Labute approximate surface area is 169 Å². The smallest absolute Gasteiger partial charge is 0.311 e. The highest BCUT2D eigenvalue weighted by Gasteiger charge is 2.16. The average molecular weight is 413 g/mol. The first-order chi connectivity index (χ1) is 14.3. The maximum Gasteiger partial charge on any atom is 0.311 e. The van der Waals surface area contributed by atoms with E-state index in [0.29, 0.717) is 11.4 Å². The number of anilines is 2. The van der Waals surface area contributed by atoms with Crippen molar-refractivity contribution in [2.24, 2.45) is 0 Å². The van der Waals surface area contributed by atoms with Crippen LogP contribution in [0.4, 0.5) is 21.5 Å². The number of hydrogen-bond acceptors (Lipinski definition) is 6. The fourth-order valence-corrected chi connectivity index (χ4v) is 2.48. The van der Waals surface area contributed by atoms with Gasteiger partial charge in [0.2, 0.25) is 11.7 Å². The number of nitro benzene ring substituents is 1. The van der Waals surface area contributed by atoms with Crippen LogP contribution in [0.3, 0.4) is 0 Å². The molecule has 11 heteroatoms. The fourth-order valence-electron chi connectivity index (χ4n) is 2.48. The Balaban J connectivity index is 1.62. The van der Waals surface area contributed by atoms with Crippen LogP contribution in [-0.4, -0.2) is 26.5 Å². The number of amides is 2. The summed E-state index contributed by atoms with van der Waals surface area (Å²) in [7, 11) is 0. The number of benzene rings is 2. The highest BCUT2D eigenvalue weighted by Crippen LogP contribution is 2.27. The van der Waals surface area contributed by atoms with Crippen LogP contribution in [0.2, 0.25) is 0 Å². The first-order valence-corrected chi connectivity index (χ1v) is 8.61. The largest absolute Gasteiger partial charge is 0.464 e. The molecular weight excluding hydrogens is 397 g/mol. The van der Waals surface area contributed by atoms with E-state index in [2.05, 4.69) is 15.7 Å². The van der Waals surface area contributed by atoms with Crippen LogP contribution in [0.5, 0.6) is 5.75 Å². The van der Waals surface area contributed by atoms with E-state index in [1.54, 1.807) is 24.3 Å². The third-order valence-electron chi connectivity index (χ3n) is 3.81. The monoisotopic (exact) mass is 413 g/mol. The molecule has 0 saturated carbocycles. The van der Waals surface area contributed by atoms with Gasteiger partial charge in [-0.3, -0.25) is 19.7 Å². The van der Waals surface area contributed by atoms with Crippen molar-refractivity contribution in [2.45, 2.75) is 13.7 Å². The molecule has 0 atom stereocenters. The Hall–Kier alpha value is -4.28. The van der Waals surface area contributed by atoms with Gasteiger partial charge in [-0.25, -0.2) is 9.07 Å². The number of nitrogens with one attached hydrogen (secondary N) is 2. The van der Waals surface area contributed by atoms with Gasteiger partial charge in [0.1, 0.15) is 5.82 Å². The minimum atomic E-state index is -0.687. The highest BCUT2D eigenvalue weighted by molar-refractivity contribution is 6.03. The summed E-state index contributed by atoms with van der Waals surface area (Å²) in [5, 5.41) is 20.3. The van der Waals surface area contributed by atoms with E-state index in [-0.39, 0.29) is 29.8 Å². The second-order valence-corrected chi connectivity index (χ2v) is 6.10. The third-order valence-corrected chi connectivity index (χ3v) is 3.81. The van der Waals surface area contributed by atoms with Crippen LogP contribution in [0.1, 0.15) is 17.4 Å². The van der Waals surface area contributed by atoms with Gasteiger partial charge < -0.3 is 15.4 Å². The molecule has 0 radical (unpaired) electrons. The number of nitrogens with zero attached hydrogens (tertiary/aromatic N) is 3. The summed E-state index contributed by atoms with van der Waals surface area (Å²) in [6.45, 7) is 1.13. The second kappa shape index (κ2) is 8.82. The summed E-state index contributed by atoms with van der Waals surface area (Å²) < 4.78 is 19.9. The van der Waals surface area contributed by atoms with Crippen LogP contribution in [0.15, 0.2) is 54.7 Å². The molecule has 3 rings (SSSR count). The molecule has 0 bridgehead atoms. The number of rotatable bonds is 7. The first-order valence-electron chi connectivity index (χ1n) is 8.61. The number of nitro groups is 1. The van der Waals surface area contributed by atoms with E-state index in [0.717, 1.165) is 18.2 Å². The summed E-state index contributed by atoms with van der Waals surface area (Å²) in [5.41, 5.74) is 0.783. The Morgan fingerprint density at radius 1 is 1.13 bits per heavy atom. The molecule has 2 aromatic carbocycles. The number of ether oxygens (including phenoxy) is 1. The third kappa shape index (κ3) is 5.16. The zero-order chi connectivity index (χ0) is 21.7. The van der Waals surface area contributed by atoms with Crippen molar-refractivity contribution >= 4 is 28.9 Å². The second-order valence-electron chi connectivity index (χ2n) is 6.10. The molecule has 2 amide bonds. The van der Waals surface area contributed by atoms with Crippen LogP contribution in [0, 0.1) is 15.9 Å². The lowest BCUT2D eigenvalue weighted by atomic mass is 10.2. The van der Waals surface area contributed by atoms with E-state index < -0.39 is 16.6 Å². The number of aromatic nitrogens is 2. The van der Waals surface area contributed by atoms with Crippen molar-refractivity contribution in [3.8, 4) is 5.75 Å². The molecule has 0 fully saturated rings. The molecule has 1 heterocycles. The molecule has 10 nitrogen and oxygen atoms in total. The lowest BCUT2D eigenvalue weighted by molar-refractivity contribution is -0.386. The molecular formula is C19H16FN5O5. The lowest BCUT2D eigenvalue weighted by Crippen LogP contribution is -2.14. The minimum Gasteiger partial charge on any atom is -0.464 e. The zero-order valence-corrected chi connectivity index (χ0v) is 15.7. The topological polar surface area (TPSA) is 128 Å². The van der Waals surface area contributed by atoms with E-state index in [1.807, 2.05) is 0 Å². The predicted molar refractivity (Wildman–Crippen MR) is 105 cm³/mol. The molecule has 0 aliphatic carbocycles. The maximum absolute atomic E-state index is 13.3. The number of carbonyl (C=O) groups excluding carboxylic acids is 2. The molecule has 0 unspecified atom stereocenters. The molecule has 0 aliphatic heterocycles. The van der Waals surface area contributed by atoms with Crippen LogP contribution < -0.4 is 15.4 Å². The highest BCUT2D eigenvalue weighted by atomic mass is 19.1. The minimum absolute atomic E-state index is 0.0817. The van der Waals surface area contributed by atoms with E-state index in [9.17, 15) is 24.1 Å². The van der Waals surface area contributed by atoms with E-state index in [1.165, 1.54) is 23.9 Å². The van der Waals surface area contributed by atoms with Gasteiger partial charge in [-0.1, -0.05) is 0 Å². The van der Waals surface area contributed by atoms with Crippen LogP contribution in [0.25, 0.3) is 0 Å². The molecule has 2 N–H and O–H groups in total. The molecule has 154 valence electrons. The van der Waals surface area contributed by atoms with Crippen molar-refractivity contribution in [3.05, 3.63) is 76.4 Å². The number of carbonyl (C=O) groups is 2. The van der Waals surface area contributed by atoms with E-state index in [4.69, 9.17) is 4.74 Å². The summed E-state index contributed by atoms with van der Waals surface area (Å²) in [6.07, 6.45) is 1.44. The average Bonchev–Trinajstić information content (AvgIpc) is 3.16. The van der Waals surface area contributed by atoms with Gasteiger partial charge in [0.25, 0.3) is 5.91 Å². The van der Waals surface area contributed by atoms with Gasteiger partial charge in [0, 0.05) is 36.6 Å². The van der Waals surface area contributed by atoms with Gasteiger partial charge >= 0.3 is 5.69 Å². The SMILES string of the molecule is CC(=O)Nc1ccc(NC(=O)c2ccn(COc3cc(F)ccc3[N+](=O)[O-])n2)cc1. The van der Waals surface area contributed by atoms with Crippen LogP contribution in [-0.2, 0) is 11.5 Å². The normalized spacial score (nSPS) is 10.3. The van der Waals surface area contributed by atoms with Crippen molar-refractivity contribution in [1.82, 2.24) is 9.78 Å². The Kier molecular flexibility index (Phi) is 6.01. The molecule has 3 aromatic rings. The summed E-state index contributed by atoms with van der Waals surface area (Å²) >= 11 is 0. The zero-order valence-electron chi connectivity index (χ0n) is 15.7. The van der Waals surface area contributed by atoms with Gasteiger partial charge in [-0.05, 0) is 36.4 Å². The first kappa shape index (κ1) is 20.5. The van der Waals surface area contributed by atoms with Crippen molar-refractivity contribution in [3.63, 3.8) is 0 Å². The van der Waals surface area contributed by atoms with Crippen molar-refractivity contribution in [2.75, 3.05) is 10.6 Å². The van der Waals surface area contributed by atoms with Gasteiger partial charge in [0.15, 0.2) is 12.4 Å². The number of hydrogen-bond donors (Lipinski definition) is 2. The van der Waals surface area contributed by atoms with Gasteiger partial charge in [0.05, 0.1) is 4.92 Å². The van der Waals surface area contributed by atoms with Crippen LogP contribution >= 0.6 is 0 Å². The fraction of sp³-hybridized carbons (Fsp3) is 0.105. The lowest BCUT2D eigenvalue weighted by Gasteiger charge is -2.07. The molecule has 30 heavy (non-hydrogen) atoms. The van der Waals surface area contributed by atoms with E-state index >= 15 is 0 Å². The molecule has 1 aromatic heterocycles. The quantitative estimate of drug-likeness (QED) is 0.452.